The SMILES string of the molecule is CCCCCCCCCCCCCCCCC=CC=C(C)C(C)=C(C)C(C)=C(C)C. The highest BCUT2D eigenvalue weighted by atomic mass is 14.1. The maximum absolute atomic E-state index is 2.35. The van der Waals surface area contributed by atoms with Crippen LogP contribution in [0.4, 0.5) is 0 Å². The largest absolute Gasteiger partial charge is 0.0845 e. The number of hydrogen-bond acceptors (Lipinski definition) is 0. The first-order chi connectivity index (χ1) is 14.4. The molecule has 30 heavy (non-hydrogen) atoms. The number of rotatable bonds is 18. The summed E-state index contributed by atoms with van der Waals surface area (Å²) in [5, 5.41) is 0. The van der Waals surface area contributed by atoms with Crippen LogP contribution in [0.1, 0.15) is 145 Å². The Labute approximate surface area is 191 Å². The van der Waals surface area contributed by atoms with E-state index in [0.717, 1.165) is 0 Å². The van der Waals surface area contributed by atoms with Crippen LogP contribution < -0.4 is 0 Å². The maximum Gasteiger partial charge on any atom is -0.0348 e. The monoisotopic (exact) mass is 414 g/mol. The Morgan fingerprint density at radius 3 is 1.37 bits per heavy atom. The van der Waals surface area contributed by atoms with Crippen molar-refractivity contribution in [3.05, 3.63) is 46.1 Å². The van der Waals surface area contributed by atoms with Gasteiger partial charge in [-0.05, 0) is 76.7 Å². The summed E-state index contributed by atoms with van der Waals surface area (Å²) >= 11 is 0. The van der Waals surface area contributed by atoms with Crippen molar-refractivity contribution in [3.63, 3.8) is 0 Å². The summed E-state index contributed by atoms with van der Waals surface area (Å²) < 4.78 is 0. The van der Waals surface area contributed by atoms with Crippen LogP contribution in [-0.4, -0.2) is 0 Å². The molecule has 0 unspecified atom stereocenters. The zero-order valence-electron chi connectivity index (χ0n) is 21.8. The smallest absolute Gasteiger partial charge is 0.0348 e. The van der Waals surface area contributed by atoms with Gasteiger partial charge in [0.2, 0.25) is 0 Å². The van der Waals surface area contributed by atoms with Gasteiger partial charge in [0, 0.05) is 0 Å². The fraction of sp³-hybridized carbons (Fsp3) is 0.733. The third kappa shape index (κ3) is 15.8. The van der Waals surface area contributed by atoms with Gasteiger partial charge in [0.05, 0.1) is 0 Å². The van der Waals surface area contributed by atoms with Crippen LogP contribution in [0.2, 0.25) is 0 Å². The van der Waals surface area contributed by atoms with Crippen LogP contribution in [0.15, 0.2) is 46.1 Å². The van der Waals surface area contributed by atoms with Crippen LogP contribution in [0.3, 0.4) is 0 Å². The molecule has 0 saturated heterocycles. The highest BCUT2D eigenvalue weighted by Crippen LogP contribution is 2.22. The van der Waals surface area contributed by atoms with Crippen molar-refractivity contribution in [2.45, 2.75) is 145 Å². The van der Waals surface area contributed by atoms with E-state index in [0.29, 0.717) is 0 Å². The van der Waals surface area contributed by atoms with Gasteiger partial charge >= 0.3 is 0 Å². The van der Waals surface area contributed by atoms with Crippen molar-refractivity contribution in [2.24, 2.45) is 0 Å². The van der Waals surface area contributed by atoms with E-state index in [9.17, 15) is 0 Å². The summed E-state index contributed by atoms with van der Waals surface area (Å²) in [6, 6.07) is 0. The Morgan fingerprint density at radius 1 is 0.500 bits per heavy atom. The van der Waals surface area contributed by atoms with Crippen molar-refractivity contribution in [1.29, 1.82) is 0 Å². The molecule has 0 atom stereocenters. The Balaban J connectivity index is 3.71. The summed E-state index contributed by atoms with van der Waals surface area (Å²) in [7, 11) is 0. The lowest BCUT2D eigenvalue weighted by molar-refractivity contribution is 0.536. The van der Waals surface area contributed by atoms with E-state index in [4.69, 9.17) is 0 Å². The molecule has 0 aliphatic heterocycles. The predicted molar refractivity (Wildman–Crippen MR) is 140 cm³/mol. The van der Waals surface area contributed by atoms with E-state index in [2.05, 4.69) is 66.7 Å². The van der Waals surface area contributed by atoms with Crippen molar-refractivity contribution in [1.82, 2.24) is 0 Å². The third-order valence-corrected chi connectivity index (χ3v) is 6.67. The van der Waals surface area contributed by atoms with Crippen LogP contribution in [0.25, 0.3) is 0 Å². The minimum atomic E-state index is 1.22. The van der Waals surface area contributed by atoms with Crippen LogP contribution >= 0.6 is 0 Å². The number of unbranched alkanes of at least 4 members (excludes halogenated alkanes) is 14. The summed E-state index contributed by atoms with van der Waals surface area (Å²) in [5.74, 6) is 0. The average molecular weight is 415 g/mol. The van der Waals surface area contributed by atoms with Crippen molar-refractivity contribution in [2.75, 3.05) is 0 Å². The molecular weight excluding hydrogens is 360 g/mol. The lowest BCUT2D eigenvalue weighted by Gasteiger charge is -2.10. The maximum atomic E-state index is 2.35. The standard InChI is InChI=1S/C30H54/c1-8-9-10-11-12-13-14-15-16-17-18-19-20-21-22-23-24-25-27(4)29(6)30(7)28(5)26(2)3/h23-25H,8-22H2,1-7H3. The highest BCUT2D eigenvalue weighted by Gasteiger charge is 2.02. The third-order valence-electron chi connectivity index (χ3n) is 6.67. The molecule has 0 nitrogen and oxygen atoms in total. The topological polar surface area (TPSA) is 0 Å². The van der Waals surface area contributed by atoms with E-state index in [-0.39, 0.29) is 0 Å². The molecular formula is C30H54. The van der Waals surface area contributed by atoms with Gasteiger partial charge in [-0.2, -0.15) is 0 Å². The molecule has 0 spiro atoms. The molecule has 0 rings (SSSR count). The van der Waals surface area contributed by atoms with E-state index in [1.54, 1.807) is 0 Å². The van der Waals surface area contributed by atoms with E-state index in [1.165, 1.54) is 124 Å². The molecule has 0 heterocycles. The molecule has 0 aromatic carbocycles. The van der Waals surface area contributed by atoms with Crippen LogP contribution in [0.5, 0.6) is 0 Å². The van der Waals surface area contributed by atoms with E-state index < -0.39 is 0 Å². The summed E-state index contributed by atoms with van der Waals surface area (Å²) in [6.07, 6.45) is 28.2. The van der Waals surface area contributed by atoms with Gasteiger partial charge < -0.3 is 0 Å². The first-order valence-electron chi connectivity index (χ1n) is 13.1. The summed E-state index contributed by atoms with van der Waals surface area (Å²) in [5.41, 5.74) is 7.05. The number of allylic oxidation sites excluding steroid dienone is 8. The number of hydrogen-bond donors (Lipinski definition) is 0. The summed E-state index contributed by atoms with van der Waals surface area (Å²) in [6.45, 7) is 15.6. The normalized spacial score (nSPS) is 13.1. The molecule has 0 fully saturated rings. The molecule has 0 heteroatoms. The molecule has 0 radical (unpaired) electrons. The Bertz CT molecular complexity index is 534. The second-order valence-corrected chi connectivity index (χ2v) is 9.54. The fourth-order valence-corrected chi connectivity index (χ4v) is 3.84. The quantitative estimate of drug-likeness (QED) is 0.154. The Morgan fingerprint density at radius 2 is 0.933 bits per heavy atom. The molecule has 174 valence electrons. The van der Waals surface area contributed by atoms with Crippen LogP contribution in [-0.2, 0) is 0 Å². The predicted octanol–water partition coefficient (Wildman–Crippen LogP) is 11.1. The fourth-order valence-electron chi connectivity index (χ4n) is 3.84. The molecule has 0 bridgehead atoms. The zero-order chi connectivity index (χ0) is 22.6. The summed E-state index contributed by atoms with van der Waals surface area (Å²) in [4.78, 5) is 0. The molecule has 0 saturated carbocycles. The first-order valence-corrected chi connectivity index (χ1v) is 13.1. The molecule has 0 amide bonds. The average Bonchev–Trinajstić information content (AvgIpc) is 2.73. The van der Waals surface area contributed by atoms with Crippen LogP contribution in [0, 0.1) is 0 Å². The van der Waals surface area contributed by atoms with E-state index >= 15 is 0 Å². The Hall–Kier alpha value is -1.04. The molecule has 0 aromatic rings. The Kier molecular flexibility index (Phi) is 19.2. The first kappa shape index (κ1) is 29.0. The molecule has 0 aromatic heterocycles. The minimum absolute atomic E-state index is 1.22. The molecule has 0 aliphatic rings. The second kappa shape index (κ2) is 19.9. The van der Waals surface area contributed by atoms with Gasteiger partial charge in [-0.15, -0.1) is 0 Å². The highest BCUT2D eigenvalue weighted by molar-refractivity contribution is 5.43. The van der Waals surface area contributed by atoms with Gasteiger partial charge in [-0.3, -0.25) is 0 Å². The van der Waals surface area contributed by atoms with Gasteiger partial charge in [-0.1, -0.05) is 114 Å². The van der Waals surface area contributed by atoms with E-state index in [1.807, 2.05) is 0 Å². The lowest BCUT2D eigenvalue weighted by atomic mass is 9.96. The minimum Gasteiger partial charge on any atom is -0.0845 e. The van der Waals surface area contributed by atoms with Gasteiger partial charge in [-0.25, -0.2) is 0 Å². The lowest BCUT2D eigenvalue weighted by Crippen LogP contribution is -1.90. The molecule has 0 N–H and O–H groups in total. The van der Waals surface area contributed by atoms with Gasteiger partial charge in [0.25, 0.3) is 0 Å². The van der Waals surface area contributed by atoms with Crippen molar-refractivity contribution >= 4 is 0 Å². The van der Waals surface area contributed by atoms with Crippen molar-refractivity contribution < 1.29 is 0 Å². The zero-order valence-corrected chi connectivity index (χ0v) is 21.8. The molecule has 0 aliphatic carbocycles. The van der Waals surface area contributed by atoms with Gasteiger partial charge in [0.15, 0.2) is 0 Å². The van der Waals surface area contributed by atoms with Crippen molar-refractivity contribution in [3.8, 4) is 0 Å². The second-order valence-electron chi connectivity index (χ2n) is 9.54. The van der Waals surface area contributed by atoms with Gasteiger partial charge in [0.1, 0.15) is 0 Å².